The van der Waals surface area contributed by atoms with Crippen LogP contribution in [0.25, 0.3) is 11.1 Å². The van der Waals surface area contributed by atoms with E-state index >= 15 is 0 Å². The van der Waals surface area contributed by atoms with E-state index in [0.29, 0.717) is 10.8 Å². The molecule has 0 spiro atoms. The van der Waals surface area contributed by atoms with Gasteiger partial charge in [0.05, 0.1) is 11.1 Å². The summed E-state index contributed by atoms with van der Waals surface area (Å²) in [5, 5.41) is 14.1. The highest BCUT2D eigenvalue weighted by Gasteiger charge is 2.38. The Labute approximate surface area is 172 Å². The summed E-state index contributed by atoms with van der Waals surface area (Å²) in [6.07, 6.45) is -8.73. The second-order valence-electron chi connectivity index (χ2n) is 6.54. The van der Waals surface area contributed by atoms with Crippen LogP contribution >= 0.6 is 0 Å². The molecule has 0 aliphatic carbocycles. The molecule has 0 aliphatic heterocycles. The first-order chi connectivity index (χ1) is 14.5. The molecule has 31 heavy (non-hydrogen) atoms. The number of nitrogens with zero attached hydrogens (tertiary/aromatic N) is 1. The molecule has 0 fully saturated rings. The van der Waals surface area contributed by atoms with Gasteiger partial charge < -0.3 is 10.5 Å². The molecule has 0 unspecified atom stereocenters. The topological polar surface area (TPSA) is 56.0 Å². The van der Waals surface area contributed by atoms with Crippen LogP contribution in [0.1, 0.15) is 27.2 Å². The Bertz CT molecular complexity index is 1110. The van der Waals surface area contributed by atoms with Gasteiger partial charge in [-0.3, -0.25) is 4.79 Å². The van der Waals surface area contributed by atoms with Crippen molar-refractivity contribution in [3.63, 3.8) is 0 Å². The smallest absolute Gasteiger partial charge is 0.417 e. The number of benzene rings is 2. The molecule has 1 N–H and O–H groups in total. The number of pyridine rings is 1. The summed E-state index contributed by atoms with van der Waals surface area (Å²) in [5.41, 5.74) is -3.22. The summed E-state index contributed by atoms with van der Waals surface area (Å²) in [7, 11) is 0. The fraction of sp³-hybridized carbons (Fsp3) is 0.143. The van der Waals surface area contributed by atoms with Gasteiger partial charge in [0, 0.05) is 17.7 Å². The van der Waals surface area contributed by atoms with Crippen LogP contribution in [0, 0.1) is 5.21 Å². The minimum absolute atomic E-state index is 0.0149. The Morgan fingerprint density at radius 3 is 2.29 bits per heavy atom. The van der Waals surface area contributed by atoms with Crippen molar-refractivity contribution in [1.29, 1.82) is 0 Å². The van der Waals surface area contributed by atoms with Gasteiger partial charge >= 0.3 is 12.4 Å². The fourth-order valence-electron chi connectivity index (χ4n) is 2.91. The number of alkyl halides is 6. The summed E-state index contributed by atoms with van der Waals surface area (Å²) in [5.74, 6) is -0.661. The average Bonchev–Trinajstić information content (AvgIpc) is 2.71. The van der Waals surface area contributed by atoms with E-state index in [1.165, 1.54) is 36.5 Å². The zero-order valence-electron chi connectivity index (χ0n) is 15.6. The maximum absolute atomic E-state index is 13.4. The van der Waals surface area contributed by atoms with Crippen molar-refractivity contribution in [3.05, 3.63) is 94.5 Å². The average molecular weight is 440 g/mol. The van der Waals surface area contributed by atoms with Crippen molar-refractivity contribution in [2.45, 2.75) is 18.9 Å². The van der Waals surface area contributed by atoms with Crippen molar-refractivity contribution < 1.29 is 35.9 Å². The van der Waals surface area contributed by atoms with E-state index in [4.69, 9.17) is 0 Å². The number of hydrogen-bond donors (Lipinski definition) is 1. The van der Waals surface area contributed by atoms with Crippen molar-refractivity contribution in [2.24, 2.45) is 0 Å². The molecule has 1 heterocycles. The molecule has 4 nitrogen and oxygen atoms in total. The van der Waals surface area contributed by atoms with Crippen molar-refractivity contribution >= 4 is 5.91 Å². The molecular weight excluding hydrogens is 426 g/mol. The summed E-state index contributed by atoms with van der Waals surface area (Å²) in [6.45, 7) is -0.124. The van der Waals surface area contributed by atoms with Gasteiger partial charge in [-0.25, -0.2) is 0 Å². The molecule has 0 saturated heterocycles. The number of nitrogens with one attached hydrogen (secondary N) is 1. The Kier molecular flexibility index (Phi) is 5.92. The third kappa shape index (κ3) is 5.14. The number of aromatic nitrogens is 1. The summed E-state index contributed by atoms with van der Waals surface area (Å²) in [6, 6.07) is 11.0. The largest absolute Gasteiger partial charge is 0.618 e. The van der Waals surface area contributed by atoms with Gasteiger partial charge in [0.1, 0.15) is 6.54 Å². The van der Waals surface area contributed by atoms with Crippen molar-refractivity contribution in [1.82, 2.24) is 5.32 Å². The third-order valence-corrected chi connectivity index (χ3v) is 4.42. The van der Waals surface area contributed by atoms with Crippen LogP contribution in [0.15, 0.2) is 66.9 Å². The number of rotatable bonds is 4. The molecule has 1 aromatic heterocycles. The van der Waals surface area contributed by atoms with E-state index in [1.807, 2.05) is 0 Å². The highest BCUT2D eigenvalue weighted by molar-refractivity contribution is 5.95. The quantitative estimate of drug-likeness (QED) is 0.355. The van der Waals surface area contributed by atoms with Crippen LogP contribution in [0.2, 0.25) is 0 Å². The molecule has 0 atom stereocenters. The van der Waals surface area contributed by atoms with Gasteiger partial charge in [-0.15, -0.1) is 0 Å². The molecule has 0 bridgehead atoms. The van der Waals surface area contributed by atoms with E-state index < -0.39 is 35.0 Å². The monoisotopic (exact) mass is 440 g/mol. The summed E-state index contributed by atoms with van der Waals surface area (Å²) >= 11 is 0. The Morgan fingerprint density at radius 2 is 1.65 bits per heavy atom. The molecule has 3 rings (SSSR count). The lowest BCUT2D eigenvalue weighted by molar-refractivity contribution is -0.614. The zero-order chi connectivity index (χ0) is 22.8. The first-order valence-electron chi connectivity index (χ1n) is 8.81. The molecule has 0 aliphatic rings. The lowest BCUT2D eigenvalue weighted by Gasteiger charge is -2.16. The predicted octanol–water partition coefficient (Wildman–Crippen LogP) is 4.95. The van der Waals surface area contributed by atoms with Gasteiger partial charge in [-0.05, 0) is 41.5 Å². The summed E-state index contributed by atoms with van der Waals surface area (Å²) < 4.78 is 79.4. The molecule has 0 saturated carbocycles. The number of amides is 1. The maximum Gasteiger partial charge on any atom is 0.417 e. The first-order valence-corrected chi connectivity index (χ1v) is 8.81. The van der Waals surface area contributed by atoms with Crippen LogP contribution in [-0.2, 0) is 18.9 Å². The van der Waals surface area contributed by atoms with E-state index in [-0.39, 0.29) is 29.4 Å². The molecule has 3 aromatic rings. The molecule has 162 valence electrons. The number of halogens is 6. The molecule has 0 radical (unpaired) electrons. The Hall–Kier alpha value is -3.56. The highest BCUT2D eigenvalue weighted by atomic mass is 19.4. The SMILES string of the molecule is O=C(NCc1cccc[n+]1[O-])c1cccc(-c2ccc(C(F)(F)F)cc2C(F)(F)F)c1. The van der Waals surface area contributed by atoms with Crippen LogP contribution in [0.5, 0.6) is 0 Å². The number of carbonyl (C=O) groups is 1. The molecule has 10 heteroatoms. The van der Waals surface area contributed by atoms with Crippen LogP contribution in [0.4, 0.5) is 26.3 Å². The normalized spacial score (nSPS) is 11.9. The Balaban J connectivity index is 1.92. The van der Waals surface area contributed by atoms with Crippen LogP contribution < -0.4 is 10.0 Å². The second-order valence-corrected chi connectivity index (χ2v) is 6.54. The van der Waals surface area contributed by atoms with Gasteiger partial charge in [0.15, 0.2) is 6.20 Å². The molecular formula is C21H14F6N2O2. The van der Waals surface area contributed by atoms with Gasteiger partial charge in [-0.1, -0.05) is 18.2 Å². The maximum atomic E-state index is 13.4. The lowest BCUT2D eigenvalue weighted by atomic mass is 9.95. The number of carbonyl (C=O) groups excluding carboxylic acids is 1. The van der Waals surface area contributed by atoms with Gasteiger partial charge in [-0.2, -0.15) is 31.1 Å². The van der Waals surface area contributed by atoms with Crippen molar-refractivity contribution in [2.75, 3.05) is 0 Å². The van der Waals surface area contributed by atoms with E-state index in [1.54, 1.807) is 6.07 Å². The zero-order valence-corrected chi connectivity index (χ0v) is 15.6. The fourth-order valence-corrected chi connectivity index (χ4v) is 2.91. The summed E-state index contributed by atoms with van der Waals surface area (Å²) in [4.78, 5) is 12.4. The minimum Gasteiger partial charge on any atom is -0.618 e. The van der Waals surface area contributed by atoms with Gasteiger partial charge in [0.2, 0.25) is 5.69 Å². The van der Waals surface area contributed by atoms with Crippen LogP contribution in [-0.4, -0.2) is 5.91 Å². The van der Waals surface area contributed by atoms with Gasteiger partial charge in [0.25, 0.3) is 5.91 Å². The highest BCUT2D eigenvalue weighted by Crippen LogP contribution is 2.41. The standard InChI is InChI=1S/C21H14F6N2O2/c22-20(23,24)15-7-8-17(18(11-15)21(25,26)27)13-4-3-5-14(10-13)19(30)28-12-16-6-1-2-9-29(16)31/h1-11H,12H2,(H,28,30). The van der Waals surface area contributed by atoms with E-state index in [0.717, 1.165) is 12.1 Å². The number of hydrogen-bond acceptors (Lipinski definition) is 2. The predicted molar refractivity (Wildman–Crippen MR) is 98.5 cm³/mol. The molecule has 2 aromatic carbocycles. The van der Waals surface area contributed by atoms with Crippen LogP contribution in [0.3, 0.4) is 0 Å². The molecule has 1 amide bonds. The van der Waals surface area contributed by atoms with Crippen molar-refractivity contribution in [3.8, 4) is 11.1 Å². The lowest BCUT2D eigenvalue weighted by Crippen LogP contribution is -2.35. The second kappa shape index (κ2) is 8.29. The third-order valence-electron chi connectivity index (χ3n) is 4.42. The van der Waals surface area contributed by atoms with E-state index in [2.05, 4.69) is 5.32 Å². The van der Waals surface area contributed by atoms with E-state index in [9.17, 15) is 36.3 Å². The Morgan fingerprint density at radius 1 is 0.903 bits per heavy atom. The first kappa shape index (κ1) is 22.1. The minimum atomic E-state index is -5.04.